The van der Waals surface area contributed by atoms with Gasteiger partial charge < -0.3 is 4.74 Å². The van der Waals surface area contributed by atoms with Crippen molar-refractivity contribution in [3.63, 3.8) is 0 Å². The van der Waals surface area contributed by atoms with Gasteiger partial charge in [0.05, 0.1) is 0 Å². The highest BCUT2D eigenvalue weighted by Crippen LogP contribution is 2.08. The van der Waals surface area contributed by atoms with Gasteiger partial charge in [-0.15, -0.1) is 0 Å². The molecule has 2 heteroatoms. The SMILES string of the molecule is O=C1/C=C\CCCCCCC/C=C/CO1. The Balaban J connectivity index is 2.30. The van der Waals surface area contributed by atoms with E-state index in [9.17, 15) is 4.79 Å². The van der Waals surface area contributed by atoms with Crippen LogP contribution in [0.4, 0.5) is 0 Å². The molecule has 0 spiro atoms. The molecule has 84 valence electrons. The molecule has 1 heterocycles. The zero-order valence-corrected chi connectivity index (χ0v) is 9.28. The average Bonchev–Trinajstić information content (AvgIpc) is 2.24. The van der Waals surface area contributed by atoms with Crippen LogP contribution in [0.25, 0.3) is 0 Å². The number of carbonyl (C=O) groups excluding carboxylic acids is 1. The van der Waals surface area contributed by atoms with Gasteiger partial charge in [-0.2, -0.15) is 0 Å². The number of ether oxygens (including phenoxy) is 1. The number of carbonyl (C=O) groups is 1. The Labute approximate surface area is 92.0 Å². The molecule has 0 fully saturated rings. The van der Waals surface area contributed by atoms with E-state index >= 15 is 0 Å². The predicted octanol–water partition coefficient (Wildman–Crippen LogP) is 3.39. The maximum atomic E-state index is 11.1. The molecule has 0 aromatic carbocycles. The molecular weight excluding hydrogens is 188 g/mol. The minimum atomic E-state index is -0.225. The predicted molar refractivity (Wildman–Crippen MR) is 61.6 cm³/mol. The van der Waals surface area contributed by atoms with Gasteiger partial charge in [0.15, 0.2) is 0 Å². The van der Waals surface area contributed by atoms with E-state index in [1.807, 2.05) is 12.2 Å². The number of rotatable bonds is 0. The highest BCUT2D eigenvalue weighted by atomic mass is 16.5. The summed E-state index contributed by atoms with van der Waals surface area (Å²) in [6.07, 6.45) is 15.9. The lowest BCUT2D eigenvalue weighted by Gasteiger charge is -2.00. The van der Waals surface area contributed by atoms with E-state index in [1.54, 1.807) is 6.08 Å². The van der Waals surface area contributed by atoms with Crippen molar-refractivity contribution in [3.8, 4) is 0 Å². The van der Waals surface area contributed by atoms with Crippen molar-refractivity contribution in [2.24, 2.45) is 0 Å². The highest BCUT2D eigenvalue weighted by molar-refractivity contribution is 5.81. The number of cyclic esters (lactones) is 1. The standard InChI is InChI=1S/C13H20O2/c14-13-11-9-7-5-3-1-2-4-6-8-10-12-15-13/h8-11H,1-7,12H2/b10-8+,11-9-. The third-order valence-electron chi connectivity index (χ3n) is 2.48. The molecule has 1 aliphatic rings. The van der Waals surface area contributed by atoms with Gasteiger partial charge in [-0.1, -0.05) is 37.5 Å². The lowest BCUT2D eigenvalue weighted by atomic mass is 10.1. The van der Waals surface area contributed by atoms with Gasteiger partial charge in [0.2, 0.25) is 0 Å². The second kappa shape index (κ2) is 8.27. The van der Waals surface area contributed by atoms with Crippen molar-refractivity contribution in [1.29, 1.82) is 0 Å². The fourth-order valence-electron chi connectivity index (χ4n) is 1.60. The van der Waals surface area contributed by atoms with Crippen LogP contribution in [0.2, 0.25) is 0 Å². The summed E-state index contributed by atoms with van der Waals surface area (Å²) in [7, 11) is 0. The van der Waals surface area contributed by atoms with Gasteiger partial charge in [0.1, 0.15) is 6.61 Å². The minimum Gasteiger partial charge on any atom is -0.458 e. The molecule has 0 atom stereocenters. The maximum Gasteiger partial charge on any atom is 0.330 e. The first-order valence-corrected chi connectivity index (χ1v) is 5.88. The van der Waals surface area contributed by atoms with Crippen LogP contribution < -0.4 is 0 Å². The summed E-state index contributed by atoms with van der Waals surface area (Å²) in [5.41, 5.74) is 0. The molecule has 0 unspecified atom stereocenters. The molecule has 15 heavy (non-hydrogen) atoms. The number of allylic oxidation sites excluding steroid dienone is 2. The topological polar surface area (TPSA) is 26.3 Å². The Bertz CT molecular complexity index is 229. The zero-order valence-electron chi connectivity index (χ0n) is 9.28. The van der Waals surface area contributed by atoms with Crippen LogP contribution in [0.3, 0.4) is 0 Å². The second-order valence-corrected chi connectivity index (χ2v) is 3.85. The molecule has 0 amide bonds. The van der Waals surface area contributed by atoms with Crippen molar-refractivity contribution in [2.45, 2.75) is 44.9 Å². The van der Waals surface area contributed by atoms with E-state index in [4.69, 9.17) is 4.74 Å². The smallest absolute Gasteiger partial charge is 0.330 e. The molecule has 0 radical (unpaired) electrons. The van der Waals surface area contributed by atoms with Crippen LogP contribution in [0.5, 0.6) is 0 Å². The van der Waals surface area contributed by atoms with Crippen molar-refractivity contribution in [1.82, 2.24) is 0 Å². The fraction of sp³-hybridized carbons (Fsp3) is 0.615. The normalized spacial score (nSPS) is 24.9. The van der Waals surface area contributed by atoms with Gasteiger partial charge in [-0.05, 0) is 25.7 Å². The van der Waals surface area contributed by atoms with Gasteiger partial charge in [-0.25, -0.2) is 4.79 Å². The van der Waals surface area contributed by atoms with E-state index in [1.165, 1.54) is 32.1 Å². The lowest BCUT2D eigenvalue weighted by molar-refractivity contribution is -0.136. The minimum absolute atomic E-state index is 0.225. The molecule has 0 saturated heterocycles. The van der Waals surface area contributed by atoms with E-state index in [0.29, 0.717) is 6.61 Å². The summed E-state index contributed by atoms with van der Waals surface area (Å²) in [4.78, 5) is 11.1. The van der Waals surface area contributed by atoms with Crippen LogP contribution in [-0.2, 0) is 9.53 Å². The number of hydrogen-bond acceptors (Lipinski definition) is 2. The largest absolute Gasteiger partial charge is 0.458 e. The fourth-order valence-corrected chi connectivity index (χ4v) is 1.60. The third-order valence-corrected chi connectivity index (χ3v) is 2.48. The zero-order chi connectivity index (χ0) is 10.8. The Morgan fingerprint density at radius 1 is 0.867 bits per heavy atom. The molecule has 0 saturated carbocycles. The quantitative estimate of drug-likeness (QED) is 0.450. The molecule has 0 bridgehead atoms. The van der Waals surface area contributed by atoms with Crippen LogP contribution in [0.15, 0.2) is 24.3 Å². The average molecular weight is 208 g/mol. The Morgan fingerprint density at radius 3 is 2.33 bits per heavy atom. The first-order chi connectivity index (χ1) is 7.39. The molecule has 0 aromatic rings. The molecular formula is C13H20O2. The summed E-state index contributed by atoms with van der Waals surface area (Å²) in [5, 5.41) is 0. The van der Waals surface area contributed by atoms with Gasteiger partial charge in [-0.3, -0.25) is 0 Å². The Hall–Kier alpha value is -1.05. The summed E-state index contributed by atoms with van der Waals surface area (Å²) in [5.74, 6) is -0.225. The van der Waals surface area contributed by atoms with Crippen LogP contribution in [-0.4, -0.2) is 12.6 Å². The first-order valence-electron chi connectivity index (χ1n) is 5.88. The summed E-state index contributed by atoms with van der Waals surface area (Å²) < 4.78 is 4.97. The van der Waals surface area contributed by atoms with Crippen molar-refractivity contribution in [2.75, 3.05) is 6.61 Å². The lowest BCUT2D eigenvalue weighted by Crippen LogP contribution is -2.00. The number of esters is 1. The Morgan fingerprint density at radius 2 is 1.53 bits per heavy atom. The first kappa shape index (κ1) is 12.0. The number of hydrogen-bond donors (Lipinski definition) is 0. The summed E-state index contributed by atoms with van der Waals surface area (Å²) in [6, 6.07) is 0. The van der Waals surface area contributed by atoms with Crippen LogP contribution >= 0.6 is 0 Å². The van der Waals surface area contributed by atoms with Crippen molar-refractivity contribution in [3.05, 3.63) is 24.3 Å². The summed E-state index contributed by atoms with van der Waals surface area (Å²) in [6.45, 7) is 0.406. The molecule has 0 N–H and O–H groups in total. The van der Waals surface area contributed by atoms with E-state index < -0.39 is 0 Å². The van der Waals surface area contributed by atoms with E-state index in [-0.39, 0.29) is 5.97 Å². The van der Waals surface area contributed by atoms with E-state index in [2.05, 4.69) is 6.08 Å². The molecule has 1 aliphatic heterocycles. The molecule has 1 rings (SSSR count). The van der Waals surface area contributed by atoms with Crippen molar-refractivity contribution >= 4 is 5.97 Å². The second-order valence-electron chi connectivity index (χ2n) is 3.85. The van der Waals surface area contributed by atoms with Crippen molar-refractivity contribution < 1.29 is 9.53 Å². The third kappa shape index (κ3) is 6.95. The van der Waals surface area contributed by atoms with Gasteiger partial charge >= 0.3 is 5.97 Å². The maximum absolute atomic E-state index is 11.1. The van der Waals surface area contributed by atoms with Crippen LogP contribution in [0.1, 0.15) is 44.9 Å². The van der Waals surface area contributed by atoms with Gasteiger partial charge in [0.25, 0.3) is 0 Å². The Kier molecular flexibility index (Phi) is 6.63. The molecule has 2 nitrogen and oxygen atoms in total. The van der Waals surface area contributed by atoms with Gasteiger partial charge in [0, 0.05) is 6.08 Å². The monoisotopic (exact) mass is 208 g/mol. The molecule has 0 aliphatic carbocycles. The summed E-state index contributed by atoms with van der Waals surface area (Å²) >= 11 is 0. The molecule has 0 aromatic heterocycles. The van der Waals surface area contributed by atoms with E-state index in [0.717, 1.165) is 12.8 Å². The van der Waals surface area contributed by atoms with Crippen LogP contribution in [0, 0.1) is 0 Å². The highest BCUT2D eigenvalue weighted by Gasteiger charge is 1.95.